The Morgan fingerprint density at radius 2 is 1.69 bits per heavy atom. The minimum Gasteiger partial charge on any atom is -0.357 e. The summed E-state index contributed by atoms with van der Waals surface area (Å²) in [6.45, 7) is 7.65. The average molecular weight is 336 g/mol. The highest BCUT2D eigenvalue weighted by Gasteiger charge is 1.93. The van der Waals surface area contributed by atoms with E-state index in [9.17, 15) is 0 Å². The Bertz CT molecular complexity index is 274. The molecule has 0 fully saturated rings. The van der Waals surface area contributed by atoms with Crippen molar-refractivity contribution in [3.8, 4) is 0 Å². The van der Waals surface area contributed by atoms with Crippen LogP contribution in [0.15, 0.2) is 29.5 Å². The molecule has 16 heavy (non-hydrogen) atoms. The van der Waals surface area contributed by atoms with Crippen molar-refractivity contribution in [1.82, 2.24) is 15.2 Å². The Kier molecular flexibility index (Phi) is 9.07. The van der Waals surface area contributed by atoms with Gasteiger partial charge in [0.15, 0.2) is 5.96 Å². The van der Waals surface area contributed by atoms with E-state index in [4.69, 9.17) is 0 Å². The number of rotatable bonds is 5. The lowest BCUT2D eigenvalue weighted by Crippen LogP contribution is -2.37. The van der Waals surface area contributed by atoms with Crippen molar-refractivity contribution in [3.63, 3.8) is 0 Å². The Labute approximate surface area is 115 Å². The summed E-state index contributed by atoms with van der Waals surface area (Å²) < 4.78 is 2.12. The monoisotopic (exact) mass is 336 g/mol. The number of hydrogen-bond acceptors (Lipinski definition) is 1. The van der Waals surface area contributed by atoms with Gasteiger partial charge in [0.1, 0.15) is 0 Å². The third-order valence-corrected chi connectivity index (χ3v) is 1.98. The molecular weight excluding hydrogens is 315 g/mol. The average Bonchev–Trinajstić information content (AvgIpc) is 2.71. The van der Waals surface area contributed by atoms with Gasteiger partial charge >= 0.3 is 0 Å². The zero-order valence-electron chi connectivity index (χ0n) is 9.94. The molecule has 1 rings (SSSR count). The standard InChI is InChI=1S/C11H20N4.HI/c1-3-12-11(13-4-2)14-7-10-15-8-5-6-9-15;/h5-6,8-9H,3-4,7,10H2,1-2H3,(H2,12,13,14);1H. The summed E-state index contributed by atoms with van der Waals surface area (Å²) in [7, 11) is 0. The van der Waals surface area contributed by atoms with Crippen molar-refractivity contribution >= 4 is 29.9 Å². The van der Waals surface area contributed by atoms with E-state index in [1.807, 2.05) is 12.1 Å². The van der Waals surface area contributed by atoms with Gasteiger partial charge < -0.3 is 15.2 Å². The SMILES string of the molecule is CCNC(=NCCn1cccc1)NCC.I. The highest BCUT2D eigenvalue weighted by atomic mass is 127. The Morgan fingerprint density at radius 3 is 2.19 bits per heavy atom. The Balaban J connectivity index is 0.00000225. The van der Waals surface area contributed by atoms with Crippen LogP contribution < -0.4 is 10.6 Å². The quantitative estimate of drug-likeness (QED) is 0.488. The molecule has 0 amide bonds. The molecule has 2 N–H and O–H groups in total. The zero-order valence-corrected chi connectivity index (χ0v) is 12.3. The van der Waals surface area contributed by atoms with Crippen LogP contribution in [0.2, 0.25) is 0 Å². The topological polar surface area (TPSA) is 41.4 Å². The maximum atomic E-state index is 4.45. The molecule has 0 aliphatic rings. The van der Waals surface area contributed by atoms with Gasteiger partial charge in [0.25, 0.3) is 0 Å². The molecule has 0 unspecified atom stereocenters. The third kappa shape index (κ3) is 5.99. The van der Waals surface area contributed by atoms with Crippen LogP contribution in [0.5, 0.6) is 0 Å². The van der Waals surface area contributed by atoms with E-state index in [0.717, 1.165) is 32.1 Å². The molecule has 0 aromatic carbocycles. The van der Waals surface area contributed by atoms with E-state index >= 15 is 0 Å². The predicted octanol–water partition coefficient (Wildman–Crippen LogP) is 1.68. The first-order valence-electron chi connectivity index (χ1n) is 5.49. The summed E-state index contributed by atoms with van der Waals surface area (Å²) in [6, 6.07) is 4.05. The second-order valence-electron chi connectivity index (χ2n) is 3.21. The van der Waals surface area contributed by atoms with E-state index in [1.54, 1.807) is 0 Å². The summed E-state index contributed by atoms with van der Waals surface area (Å²) in [5.41, 5.74) is 0. The first kappa shape index (κ1) is 15.3. The lowest BCUT2D eigenvalue weighted by atomic mass is 10.6. The summed E-state index contributed by atoms with van der Waals surface area (Å²) in [5, 5.41) is 6.39. The first-order valence-corrected chi connectivity index (χ1v) is 5.49. The van der Waals surface area contributed by atoms with Crippen LogP contribution in [0.25, 0.3) is 0 Å². The third-order valence-electron chi connectivity index (χ3n) is 1.98. The second-order valence-corrected chi connectivity index (χ2v) is 3.21. The van der Waals surface area contributed by atoms with Gasteiger partial charge in [-0.3, -0.25) is 4.99 Å². The van der Waals surface area contributed by atoms with Crippen molar-refractivity contribution in [2.45, 2.75) is 20.4 Å². The Morgan fingerprint density at radius 1 is 1.12 bits per heavy atom. The number of nitrogens with one attached hydrogen (secondary N) is 2. The van der Waals surface area contributed by atoms with E-state index in [-0.39, 0.29) is 24.0 Å². The largest absolute Gasteiger partial charge is 0.357 e. The van der Waals surface area contributed by atoms with Crippen LogP contribution in [0, 0.1) is 0 Å². The highest BCUT2D eigenvalue weighted by Crippen LogP contribution is 1.89. The molecule has 0 atom stereocenters. The van der Waals surface area contributed by atoms with Crippen molar-refractivity contribution in [2.75, 3.05) is 19.6 Å². The van der Waals surface area contributed by atoms with Gasteiger partial charge in [-0.05, 0) is 26.0 Å². The van der Waals surface area contributed by atoms with Crippen LogP contribution in [0.1, 0.15) is 13.8 Å². The maximum Gasteiger partial charge on any atom is 0.191 e. The number of nitrogens with zero attached hydrogens (tertiary/aromatic N) is 2. The summed E-state index contributed by atoms with van der Waals surface area (Å²) in [6.07, 6.45) is 4.10. The van der Waals surface area contributed by atoms with Gasteiger partial charge in [0, 0.05) is 32.0 Å². The van der Waals surface area contributed by atoms with Crippen molar-refractivity contribution < 1.29 is 0 Å². The lowest BCUT2D eigenvalue weighted by Gasteiger charge is -2.09. The van der Waals surface area contributed by atoms with Gasteiger partial charge in [-0.25, -0.2) is 0 Å². The highest BCUT2D eigenvalue weighted by molar-refractivity contribution is 14.0. The molecular formula is C11H21IN4. The van der Waals surface area contributed by atoms with Crippen LogP contribution in [0.3, 0.4) is 0 Å². The number of hydrogen-bond donors (Lipinski definition) is 2. The molecule has 0 radical (unpaired) electrons. The van der Waals surface area contributed by atoms with Gasteiger partial charge in [-0.1, -0.05) is 0 Å². The van der Waals surface area contributed by atoms with Crippen molar-refractivity contribution in [2.24, 2.45) is 4.99 Å². The predicted molar refractivity (Wildman–Crippen MR) is 79.5 cm³/mol. The van der Waals surface area contributed by atoms with Crippen molar-refractivity contribution in [1.29, 1.82) is 0 Å². The van der Waals surface area contributed by atoms with E-state index in [0.29, 0.717) is 0 Å². The summed E-state index contributed by atoms with van der Waals surface area (Å²) >= 11 is 0. The van der Waals surface area contributed by atoms with E-state index < -0.39 is 0 Å². The first-order chi connectivity index (χ1) is 7.36. The van der Waals surface area contributed by atoms with E-state index in [2.05, 4.69) is 46.4 Å². The fraction of sp³-hybridized carbons (Fsp3) is 0.545. The van der Waals surface area contributed by atoms with Crippen LogP contribution in [-0.4, -0.2) is 30.2 Å². The lowest BCUT2D eigenvalue weighted by molar-refractivity contribution is 0.705. The number of halogens is 1. The normalized spacial score (nSPS) is 9.12. The minimum absolute atomic E-state index is 0. The van der Waals surface area contributed by atoms with Gasteiger partial charge in [0.05, 0.1) is 6.54 Å². The number of aliphatic imine (C=N–C) groups is 1. The zero-order chi connectivity index (χ0) is 10.9. The molecule has 0 aliphatic heterocycles. The van der Waals surface area contributed by atoms with E-state index in [1.165, 1.54) is 0 Å². The maximum absolute atomic E-state index is 4.45. The molecule has 0 bridgehead atoms. The molecule has 4 nitrogen and oxygen atoms in total. The van der Waals surface area contributed by atoms with Crippen LogP contribution >= 0.6 is 24.0 Å². The molecule has 0 saturated heterocycles. The minimum atomic E-state index is 0. The molecule has 92 valence electrons. The summed E-state index contributed by atoms with van der Waals surface area (Å²) in [4.78, 5) is 4.45. The smallest absolute Gasteiger partial charge is 0.191 e. The molecule has 1 aromatic rings. The fourth-order valence-corrected chi connectivity index (χ4v) is 1.31. The summed E-state index contributed by atoms with van der Waals surface area (Å²) in [5.74, 6) is 0.896. The van der Waals surface area contributed by atoms with Crippen LogP contribution in [0.4, 0.5) is 0 Å². The van der Waals surface area contributed by atoms with Gasteiger partial charge in [-0.2, -0.15) is 0 Å². The van der Waals surface area contributed by atoms with Gasteiger partial charge in [0.2, 0.25) is 0 Å². The van der Waals surface area contributed by atoms with Crippen LogP contribution in [-0.2, 0) is 6.54 Å². The second kappa shape index (κ2) is 9.50. The van der Waals surface area contributed by atoms with Crippen molar-refractivity contribution in [3.05, 3.63) is 24.5 Å². The number of guanidine groups is 1. The molecule has 0 spiro atoms. The molecule has 5 heteroatoms. The fourth-order valence-electron chi connectivity index (χ4n) is 1.31. The molecule has 1 aromatic heterocycles. The molecule has 0 aliphatic carbocycles. The molecule has 0 saturated carbocycles. The number of aromatic nitrogens is 1. The van der Waals surface area contributed by atoms with Gasteiger partial charge in [-0.15, -0.1) is 24.0 Å². The Hall–Kier alpha value is -0.720. The molecule has 1 heterocycles.